The van der Waals surface area contributed by atoms with Crippen LogP contribution in [-0.4, -0.2) is 42.4 Å². The molecule has 2 rings (SSSR count). The molecule has 4 N–H and O–H groups in total. The molecule has 1 fully saturated rings. The molecule has 1 aromatic rings. The topological polar surface area (TPSA) is 135 Å². The molecule has 23 heavy (non-hydrogen) atoms. The number of benzene rings is 1. The standard InChI is InChI=1S/C15H19NO6S/c1-23(21,22)10-4-2-3-9(7-10)5-6-15(16,14(19)20)12-8-11(12)13(17)18/h2-4,7,11-12H,5-6,8,16H2,1H3,(H,17,18)(H,19,20)/t11-,12-,15?/m0/s1. The molecule has 1 saturated carbocycles. The van der Waals surface area contributed by atoms with Gasteiger partial charge in [-0.15, -0.1) is 0 Å². The summed E-state index contributed by atoms with van der Waals surface area (Å²) in [5.74, 6) is -3.59. The second-order valence-electron chi connectivity index (χ2n) is 6.05. The number of aryl methyl sites for hydroxylation is 1. The summed E-state index contributed by atoms with van der Waals surface area (Å²) in [4.78, 5) is 22.6. The van der Waals surface area contributed by atoms with E-state index in [4.69, 9.17) is 10.8 Å². The monoisotopic (exact) mass is 341 g/mol. The van der Waals surface area contributed by atoms with Gasteiger partial charge in [0.05, 0.1) is 10.8 Å². The molecule has 3 atom stereocenters. The van der Waals surface area contributed by atoms with Crippen LogP contribution < -0.4 is 5.73 Å². The van der Waals surface area contributed by atoms with E-state index in [2.05, 4.69) is 0 Å². The van der Waals surface area contributed by atoms with Crippen LogP contribution in [0.2, 0.25) is 0 Å². The molecule has 0 spiro atoms. The Hall–Kier alpha value is -1.93. The number of hydrogen-bond donors (Lipinski definition) is 3. The molecule has 0 heterocycles. The van der Waals surface area contributed by atoms with Gasteiger partial charge in [-0.05, 0) is 37.0 Å². The van der Waals surface area contributed by atoms with Crippen LogP contribution in [0.3, 0.4) is 0 Å². The third kappa shape index (κ3) is 3.70. The van der Waals surface area contributed by atoms with Crippen molar-refractivity contribution in [1.82, 2.24) is 0 Å². The Bertz CT molecular complexity index is 744. The van der Waals surface area contributed by atoms with Crippen LogP contribution in [0.5, 0.6) is 0 Å². The zero-order valence-electron chi connectivity index (χ0n) is 12.6. The van der Waals surface area contributed by atoms with E-state index in [-0.39, 0.29) is 24.2 Å². The molecule has 0 aromatic heterocycles. The van der Waals surface area contributed by atoms with Gasteiger partial charge in [-0.2, -0.15) is 0 Å². The third-order valence-electron chi connectivity index (χ3n) is 4.32. The van der Waals surface area contributed by atoms with Crippen LogP contribution >= 0.6 is 0 Å². The van der Waals surface area contributed by atoms with Gasteiger partial charge in [0, 0.05) is 12.2 Å². The fraction of sp³-hybridized carbons (Fsp3) is 0.467. The van der Waals surface area contributed by atoms with E-state index < -0.39 is 39.2 Å². The quantitative estimate of drug-likeness (QED) is 0.658. The Morgan fingerprint density at radius 3 is 2.48 bits per heavy atom. The van der Waals surface area contributed by atoms with Crippen molar-refractivity contribution in [2.24, 2.45) is 17.6 Å². The highest BCUT2D eigenvalue weighted by molar-refractivity contribution is 7.90. The SMILES string of the molecule is CS(=O)(=O)c1cccc(CCC(N)(C(=O)O)[C@H]2C[C@@H]2C(=O)O)c1. The summed E-state index contributed by atoms with van der Waals surface area (Å²) in [6, 6.07) is 6.23. The molecule has 0 aliphatic heterocycles. The van der Waals surface area contributed by atoms with Crippen molar-refractivity contribution in [3.8, 4) is 0 Å². The predicted molar refractivity (Wildman–Crippen MR) is 81.7 cm³/mol. The van der Waals surface area contributed by atoms with Crippen LogP contribution in [0.15, 0.2) is 29.2 Å². The molecule has 1 unspecified atom stereocenters. The lowest BCUT2D eigenvalue weighted by Gasteiger charge is -2.25. The largest absolute Gasteiger partial charge is 0.481 e. The zero-order valence-corrected chi connectivity index (χ0v) is 13.4. The second kappa shape index (κ2) is 5.93. The van der Waals surface area contributed by atoms with Gasteiger partial charge < -0.3 is 15.9 Å². The molecule has 0 saturated heterocycles. The minimum absolute atomic E-state index is 0.0456. The molecule has 126 valence electrons. The van der Waals surface area contributed by atoms with Gasteiger partial charge in [0.25, 0.3) is 0 Å². The maximum atomic E-state index is 11.5. The first kappa shape index (κ1) is 17.4. The summed E-state index contributed by atoms with van der Waals surface area (Å²) in [5, 5.41) is 18.4. The normalized spacial score (nSPS) is 23.0. The first-order chi connectivity index (χ1) is 10.6. The lowest BCUT2D eigenvalue weighted by Crippen LogP contribution is -2.51. The number of aliphatic carboxylic acids is 2. The number of carboxylic acids is 2. The molecule has 0 radical (unpaired) electrons. The van der Waals surface area contributed by atoms with Crippen molar-refractivity contribution in [3.05, 3.63) is 29.8 Å². The highest BCUT2D eigenvalue weighted by Gasteiger charge is 2.57. The van der Waals surface area contributed by atoms with E-state index in [1.165, 1.54) is 12.1 Å². The molecule has 1 aromatic carbocycles. The van der Waals surface area contributed by atoms with E-state index in [9.17, 15) is 23.1 Å². The number of carbonyl (C=O) groups is 2. The molecular weight excluding hydrogens is 322 g/mol. The van der Waals surface area contributed by atoms with Crippen LogP contribution in [0.1, 0.15) is 18.4 Å². The maximum Gasteiger partial charge on any atom is 0.324 e. The summed E-state index contributed by atoms with van der Waals surface area (Å²) >= 11 is 0. The smallest absolute Gasteiger partial charge is 0.324 e. The van der Waals surface area contributed by atoms with Crippen molar-refractivity contribution in [3.63, 3.8) is 0 Å². The summed E-state index contributed by atoms with van der Waals surface area (Å²) in [7, 11) is -3.34. The highest BCUT2D eigenvalue weighted by Crippen LogP contribution is 2.47. The summed E-state index contributed by atoms with van der Waals surface area (Å²) in [5.41, 5.74) is 4.99. The Balaban J connectivity index is 2.14. The molecule has 0 bridgehead atoms. The second-order valence-corrected chi connectivity index (χ2v) is 8.07. The Labute approximate surface area is 134 Å². The van der Waals surface area contributed by atoms with Crippen molar-refractivity contribution < 1.29 is 28.2 Å². The minimum atomic E-state index is -3.34. The average Bonchev–Trinajstić information content (AvgIpc) is 3.25. The Morgan fingerprint density at radius 1 is 1.35 bits per heavy atom. The summed E-state index contributed by atoms with van der Waals surface area (Å²) < 4.78 is 23.1. The van der Waals surface area contributed by atoms with Gasteiger partial charge >= 0.3 is 11.9 Å². The van der Waals surface area contributed by atoms with E-state index in [1.54, 1.807) is 12.1 Å². The molecule has 7 nitrogen and oxygen atoms in total. The molecule has 1 aliphatic rings. The van der Waals surface area contributed by atoms with Crippen LogP contribution in [-0.2, 0) is 25.8 Å². The molecular formula is C15H19NO6S. The van der Waals surface area contributed by atoms with Crippen LogP contribution in [0, 0.1) is 11.8 Å². The van der Waals surface area contributed by atoms with Gasteiger partial charge in [-0.1, -0.05) is 12.1 Å². The van der Waals surface area contributed by atoms with Crippen molar-refractivity contribution in [2.45, 2.75) is 29.7 Å². The molecule has 8 heteroatoms. The lowest BCUT2D eigenvalue weighted by molar-refractivity contribution is -0.145. The Morgan fingerprint density at radius 2 is 2.00 bits per heavy atom. The predicted octanol–water partition coefficient (Wildman–Crippen LogP) is 0.525. The minimum Gasteiger partial charge on any atom is -0.481 e. The number of rotatable bonds is 7. The van der Waals surface area contributed by atoms with E-state index in [0.29, 0.717) is 5.56 Å². The van der Waals surface area contributed by atoms with Gasteiger partial charge in [0.1, 0.15) is 5.54 Å². The van der Waals surface area contributed by atoms with E-state index in [0.717, 1.165) is 6.26 Å². The Kier molecular flexibility index (Phi) is 4.50. The lowest BCUT2D eigenvalue weighted by atomic mass is 9.86. The highest BCUT2D eigenvalue weighted by atomic mass is 32.2. The average molecular weight is 341 g/mol. The number of sulfone groups is 1. The number of nitrogens with two attached hydrogens (primary N) is 1. The fourth-order valence-electron chi connectivity index (χ4n) is 2.77. The van der Waals surface area contributed by atoms with E-state index >= 15 is 0 Å². The van der Waals surface area contributed by atoms with Gasteiger partial charge in [-0.3, -0.25) is 9.59 Å². The fourth-order valence-corrected chi connectivity index (χ4v) is 3.46. The summed E-state index contributed by atoms with van der Waals surface area (Å²) in [6.07, 6.45) is 1.65. The number of hydrogen-bond acceptors (Lipinski definition) is 5. The summed E-state index contributed by atoms with van der Waals surface area (Å²) in [6.45, 7) is 0. The van der Waals surface area contributed by atoms with Crippen molar-refractivity contribution >= 4 is 21.8 Å². The van der Waals surface area contributed by atoms with Gasteiger partial charge in [0.15, 0.2) is 9.84 Å². The van der Waals surface area contributed by atoms with Gasteiger partial charge in [0.2, 0.25) is 0 Å². The first-order valence-electron chi connectivity index (χ1n) is 7.10. The third-order valence-corrected chi connectivity index (χ3v) is 5.43. The number of carboxylic acid groups (broad SMARTS) is 2. The van der Waals surface area contributed by atoms with E-state index in [1.807, 2.05) is 0 Å². The van der Waals surface area contributed by atoms with Crippen molar-refractivity contribution in [1.29, 1.82) is 0 Å². The first-order valence-corrected chi connectivity index (χ1v) is 8.99. The molecule has 1 aliphatic carbocycles. The van der Waals surface area contributed by atoms with Crippen LogP contribution in [0.25, 0.3) is 0 Å². The van der Waals surface area contributed by atoms with Crippen molar-refractivity contribution in [2.75, 3.05) is 6.26 Å². The van der Waals surface area contributed by atoms with Gasteiger partial charge in [-0.25, -0.2) is 8.42 Å². The van der Waals surface area contributed by atoms with Crippen LogP contribution in [0.4, 0.5) is 0 Å². The molecule has 0 amide bonds. The zero-order chi connectivity index (χ0) is 17.4. The maximum absolute atomic E-state index is 11.5.